The van der Waals surface area contributed by atoms with Crippen LogP contribution in [0.4, 0.5) is 0 Å². The third kappa shape index (κ3) is 4.77. The Kier molecular flexibility index (Phi) is 7.12. The first-order valence-corrected chi connectivity index (χ1v) is 13.4. The maximum absolute atomic E-state index is 14.0. The van der Waals surface area contributed by atoms with Gasteiger partial charge in [-0.15, -0.1) is 11.3 Å². The second-order valence-corrected chi connectivity index (χ2v) is 10.4. The van der Waals surface area contributed by atoms with Gasteiger partial charge in [-0.05, 0) is 42.8 Å². The molecule has 0 unspecified atom stereocenters. The number of ether oxygens (including phenoxy) is 2. The average molecular weight is 529 g/mol. The Morgan fingerprint density at radius 1 is 0.946 bits per heavy atom. The van der Waals surface area contributed by atoms with Gasteiger partial charge in [0.2, 0.25) is 0 Å². The fourth-order valence-corrected chi connectivity index (χ4v) is 6.21. The summed E-state index contributed by atoms with van der Waals surface area (Å²) in [6.07, 6.45) is 0. The lowest BCUT2D eigenvalue weighted by Gasteiger charge is -2.13. The highest BCUT2D eigenvalue weighted by molar-refractivity contribution is 7.99. The Morgan fingerprint density at radius 3 is 2.30 bits per heavy atom. The first-order chi connectivity index (χ1) is 18.0. The number of Topliss-reactive ketones (excluding diaryl/α,β-unsaturated/α-hetero) is 1. The summed E-state index contributed by atoms with van der Waals surface area (Å²) in [4.78, 5) is 33.7. The second-order valence-electron chi connectivity index (χ2n) is 8.23. The van der Waals surface area contributed by atoms with Crippen LogP contribution in [-0.2, 0) is 0 Å². The molecule has 6 nitrogen and oxygen atoms in total. The minimum Gasteiger partial charge on any atom is -0.493 e. The van der Waals surface area contributed by atoms with Crippen LogP contribution in [0.1, 0.15) is 15.2 Å². The van der Waals surface area contributed by atoms with Gasteiger partial charge >= 0.3 is 0 Å². The van der Waals surface area contributed by atoms with E-state index in [9.17, 15) is 9.59 Å². The van der Waals surface area contributed by atoms with Crippen LogP contribution in [0.25, 0.3) is 27.0 Å². The van der Waals surface area contributed by atoms with E-state index in [1.807, 2.05) is 67.6 Å². The third-order valence-electron chi connectivity index (χ3n) is 5.99. The summed E-state index contributed by atoms with van der Waals surface area (Å²) in [5.74, 6) is 1.05. The molecule has 0 aliphatic carbocycles. The maximum Gasteiger partial charge on any atom is 0.268 e. The fourth-order valence-electron chi connectivity index (χ4n) is 4.22. The molecule has 0 saturated heterocycles. The van der Waals surface area contributed by atoms with E-state index in [1.165, 1.54) is 30.2 Å². The van der Waals surface area contributed by atoms with Gasteiger partial charge in [0.25, 0.3) is 5.56 Å². The van der Waals surface area contributed by atoms with Crippen LogP contribution >= 0.6 is 23.1 Å². The molecular weight excluding hydrogens is 504 g/mol. The molecule has 0 radical (unpaired) electrons. The fraction of sp³-hybridized carbons (Fsp3) is 0.138. The minimum absolute atomic E-state index is 0.104. The molecule has 0 fully saturated rings. The highest BCUT2D eigenvalue weighted by Crippen LogP contribution is 2.37. The van der Waals surface area contributed by atoms with Crippen LogP contribution < -0.4 is 15.0 Å². The van der Waals surface area contributed by atoms with Crippen LogP contribution in [-0.4, -0.2) is 35.3 Å². The number of aryl methyl sites for hydroxylation is 1. The van der Waals surface area contributed by atoms with E-state index in [0.717, 1.165) is 16.0 Å². The van der Waals surface area contributed by atoms with Gasteiger partial charge in [0, 0.05) is 16.0 Å². The first kappa shape index (κ1) is 24.8. The Hall–Kier alpha value is -3.88. The number of thiophene rings is 1. The molecule has 0 saturated carbocycles. The quantitative estimate of drug-likeness (QED) is 0.132. The van der Waals surface area contributed by atoms with E-state index in [1.54, 1.807) is 29.9 Å². The topological polar surface area (TPSA) is 70.4 Å². The van der Waals surface area contributed by atoms with E-state index in [-0.39, 0.29) is 17.1 Å². The number of hydrogen-bond acceptors (Lipinski definition) is 7. The minimum atomic E-state index is -0.152. The van der Waals surface area contributed by atoms with Crippen molar-refractivity contribution in [2.45, 2.75) is 12.1 Å². The van der Waals surface area contributed by atoms with Crippen LogP contribution in [0.2, 0.25) is 0 Å². The number of aromatic nitrogens is 2. The number of hydrogen-bond donors (Lipinski definition) is 0. The van der Waals surface area contributed by atoms with Crippen LogP contribution in [0.15, 0.2) is 88.8 Å². The molecule has 0 spiro atoms. The number of methoxy groups -OCH3 is 2. The van der Waals surface area contributed by atoms with Crippen LogP contribution in [0.5, 0.6) is 11.5 Å². The Labute approximate surface area is 222 Å². The highest BCUT2D eigenvalue weighted by atomic mass is 32.2. The number of fused-ring (bicyclic) bond motifs is 1. The van der Waals surface area contributed by atoms with Gasteiger partial charge in [-0.25, -0.2) is 4.98 Å². The molecule has 0 aliphatic rings. The zero-order valence-corrected chi connectivity index (χ0v) is 22.2. The van der Waals surface area contributed by atoms with Crippen LogP contribution in [0, 0.1) is 6.92 Å². The number of para-hydroxylation sites is 1. The lowest BCUT2D eigenvalue weighted by Crippen LogP contribution is -2.22. The first-order valence-electron chi connectivity index (χ1n) is 11.6. The molecule has 3 aromatic carbocycles. The number of benzene rings is 3. The third-order valence-corrected chi connectivity index (χ3v) is 7.92. The molecule has 0 bridgehead atoms. The summed E-state index contributed by atoms with van der Waals surface area (Å²) < 4.78 is 12.2. The van der Waals surface area contributed by atoms with Gasteiger partial charge in [0.15, 0.2) is 22.4 Å². The molecule has 37 heavy (non-hydrogen) atoms. The molecule has 5 aromatic rings. The SMILES string of the molecule is COc1ccc(C(=O)CSc2nc3sc(C)c(-c4ccccc4)c3c(=O)n2-c2ccccc2)cc1OC. The van der Waals surface area contributed by atoms with Gasteiger partial charge in [0.1, 0.15) is 4.83 Å². The predicted octanol–water partition coefficient (Wildman–Crippen LogP) is 6.41. The van der Waals surface area contributed by atoms with Gasteiger partial charge in [0.05, 0.1) is 31.0 Å². The van der Waals surface area contributed by atoms with E-state index in [4.69, 9.17) is 14.5 Å². The van der Waals surface area contributed by atoms with Crippen molar-refractivity contribution in [2.24, 2.45) is 0 Å². The van der Waals surface area contributed by atoms with Gasteiger partial charge in [-0.2, -0.15) is 0 Å². The summed E-state index contributed by atoms with van der Waals surface area (Å²) in [5, 5.41) is 1.06. The molecule has 0 atom stereocenters. The number of ketones is 1. The van der Waals surface area contributed by atoms with Crippen molar-refractivity contribution in [2.75, 3.05) is 20.0 Å². The zero-order chi connectivity index (χ0) is 25.9. The number of rotatable bonds is 8. The van der Waals surface area contributed by atoms with Gasteiger partial charge in [-0.1, -0.05) is 60.3 Å². The molecule has 0 aliphatic heterocycles. The monoisotopic (exact) mass is 528 g/mol. The summed E-state index contributed by atoms with van der Waals surface area (Å²) in [6.45, 7) is 2.01. The lowest BCUT2D eigenvalue weighted by atomic mass is 10.0. The van der Waals surface area contributed by atoms with E-state index in [2.05, 4.69) is 0 Å². The summed E-state index contributed by atoms with van der Waals surface area (Å²) >= 11 is 2.74. The summed E-state index contributed by atoms with van der Waals surface area (Å²) in [5.41, 5.74) is 2.93. The molecule has 2 aromatic heterocycles. The normalized spacial score (nSPS) is 11.0. The Morgan fingerprint density at radius 2 is 1.62 bits per heavy atom. The zero-order valence-electron chi connectivity index (χ0n) is 20.6. The van der Waals surface area contributed by atoms with Crippen LogP contribution in [0.3, 0.4) is 0 Å². The summed E-state index contributed by atoms with van der Waals surface area (Å²) in [7, 11) is 3.08. The molecule has 0 amide bonds. The molecule has 186 valence electrons. The van der Waals surface area contributed by atoms with Crippen molar-refractivity contribution in [3.63, 3.8) is 0 Å². The number of carbonyl (C=O) groups is 1. The van der Waals surface area contributed by atoms with Crippen molar-refractivity contribution in [1.29, 1.82) is 0 Å². The Balaban J connectivity index is 1.59. The van der Waals surface area contributed by atoms with Crippen molar-refractivity contribution < 1.29 is 14.3 Å². The van der Waals surface area contributed by atoms with Gasteiger partial charge in [-0.3, -0.25) is 14.2 Å². The number of thioether (sulfide) groups is 1. The van der Waals surface area contributed by atoms with E-state index in [0.29, 0.717) is 38.1 Å². The van der Waals surface area contributed by atoms with E-state index < -0.39 is 0 Å². The standard InChI is InChI=1S/C29H24N2O4S2/c1-18-25(19-10-6-4-7-11-19)26-27(37-18)30-29(31(28(26)33)21-12-8-5-9-13-21)36-17-22(32)20-14-15-23(34-2)24(16-20)35-3/h4-16H,17H2,1-3H3. The van der Waals surface area contributed by atoms with E-state index >= 15 is 0 Å². The van der Waals surface area contributed by atoms with Crippen molar-refractivity contribution in [1.82, 2.24) is 9.55 Å². The van der Waals surface area contributed by atoms with Crippen molar-refractivity contribution >= 4 is 39.1 Å². The highest BCUT2D eigenvalue weighted by Gasteiger charge is 2.22. The largest absolute Gasteiger partial charge is 0.493 e. The second kappa shape index (κ2) is 10.6. The molecule has 8 heteroatoms. The van der Waals surface area contributed by atoms with Crippen molar-refractivity contribution in [3.8, 4) is 28.3 Å². The average Bonchev–Trinajstić information content (AvgIpc) is 3.28. The Bertz CT molecular complexity index is 1640. The van der Waals surface area contributed by atoms with Gasteiger partial charge < -0.3 is 9.47 Å². The molecule has 2 heterocycles. The molecular formula is C29H24N2O4S2. The van der Waals surface area contributed by atoms with Crippen molar-refractivity contribution in [3.05, 3.63) is 99.7 Å². The smallest absolute Gasteiger partial charge is 0.268 e. The molecule has 5 rings (SSSR count). The lowest BCUT2D eigenvalue weighted by molar-refractivity contribution is 0.102. The molecule has 0 N–H and O–H groups in total. The summed E-state index contributed by atoms with van der Waals surface area (Å²) in [6, 6.07) is 24.4. The number of nitrogens with zero attached hydrogens (tertiary/aromatic N) is 2. The number of carbonyl (C=O) groups excluding carboxylic acids is 1. The predicted molar refractivity (Wildman–Crippen MR) is 150 cm³/mol. The maximum atomic E-state index is 14.0.